The van der Waals surface area contributed by atoms with Crippen molar-refractivity contribution in [1.29, 1.82) is 0 Å². The van der Waals surface area contributed by atoms with Crippen molar-refractivity contribution in [2.45, 2.75) is 25.0 Å². The molecular weight excluding hydrogens is 232 g/mol. The molecule has 0 aliphatic carbocycles. The maximum atomic E-state index is 11.7. The molecule has 1 saturated heterocycles. The normalized spacial score (nSPS) is 20.3. The number of nitrogens with one attached hydrogen (secondary N) is 2. The average Bonchev–Trinajstić information content (AvgIpc) is 2.83. The fourth-order valence-corrected chi connectivity index (χ4v) is 1.92. The first-order chi connectivity index (χ1) is 8.66. The van der Waals surface area contributed by atoms with Crippen LogP contribution in [0.3, 0.4) is 0 Å². The van der Waals surface area contributed by atoms with E-state index in [9.17, 15) is 14.7 Å². The van der Waals surface area contributed by atoms with Gasteiger partial charge in [0, 0.05) is 13.0 Å². The first-order valence-corrected chi connectivity index (χ1v) is 5.97. The Morgan fingerprint density at radius 3 is 2.78 bits per heavy atom. The minimum absolute atomic E-state index is 0.0984. The first kappa shape index (κ1) is 12.6. The fraction of sp³-hybridized carbons (Fsp3) is 0.385. The van der Waals surface area contributed by atoms with Gasteiger partial charge in [0.2, 0.25) is 11.8 Å². The molecule has 2 unspecified atom stereocenters. The summed E-state index contributed by atoms with van der Waals surface area (Å²) in [6.45, 7) is 0.148. The van der Waals surface area contributed by atoms with Crippen LogP contribution in [0.5, 0.6) is 0 Å². The number of hydrogen-bond donors (Lipinski definition) is 3. The van der Waals surface area contributed by atoms with Gasteiger partial charge < -0.3 is 15.7 Å². The summed E-state index contributed by atoms with van der Waals surface area (Å²) in [5, 5.41) is 15.1. The summed E-state index contributed by atoms with van der Waals surface area (Å²) < 4.78 is 0. The minimum Gasteiger partial charge on any atom is -0.387 e. The lowest BCUT2D eigenvalue weighted by molar-refractivity contribution is -0.126. The van der Waals surface area contributed by atoms with Crippen LogP contribution < -0.4 is 10.6 Å². The van der Waals surface area contributed by atoms with Gasteiger partial charge in [-0.3, -0.25) is 9.59 Å². The Labute approximate surface area is 105 Å². The predicted octanol–water partition coefficient (Wildman–Crippen LogP) is 0.115. The second kappa shape index (κ2) is 5.64. The van der Waals surface area contributed by atoms with E-state index in [2.05, 4.69) is 10.6 Å². The molecule has 2 atom stereocenters. The summed E-state index contributed by atoms with van der Waals surface area (Å²) >= 11 is 0. The summed E-state index contributed by atoms with van der Waals surface area (Å²) in [6, 6.07) is 8.67. The number of aliphatic hydroxyl groups is 1. The monoisotopic (exact) mass is 248 g/mol. The SMILES string of the molecule is O=C1CCC(C(=O)NCC(O)c2ccccc2)N1. The second-order valence-electron chi connectivity index (χ2n) is 4.33. The lowest BCUT2D eigenvalue weighted by Gasteiger charge is -2.14. The van der Waals surface area contributed by atoms with Crippen LogP contribution in [-0.4, -0.2) is 29.5 Å². The lowest BCUT2D eigenvalue weighted by Crippen LogP contribution is -2.42. The third-order valence-electron chi connectivity index (χ3n) is 2.97. The van der Waals surface area contributed by atoms with Gasteiger partial charge in [-0.25, -0.2) is 0 Å². The van der Waals surface area contributed by atoms with E-state index in [0.717, 1.165) is 5.56 Å². The van der Waals surface area contributed by atoms with Gasteiger partial charge in [-0.05, 0) is 12.0 Å². The number of hydrogen-bond acceptors (Lipinski definition) is 3. The molecular formula is C13H16N2O3. The van der Waals surface area contributed by atoms with E-state index in [1.54, 1.807) is 12.1 Å². The molecule has 1 aromatic rings. The number of rotatable bonds is 4. The highest BCUT2D eigenvalue weighted by Gasteiger charge is 2.27. The molecule has 2 rings (SSSR count). The van der Waals surface area contributed by atoms with Crippen LogP contribution in [0.15, 0.2) is 30.3 Å². The number of carbonyl (C=O) groups excluding carboxylic acids is 2. The predicted molar refractivity (Wildman–Crippen MR) is 65.6 cm³/mol. The molecule has 3 N–H and O–H groups in total. The second-order valence-corrected chi connectivity index (χ2v) is 4.33. The third-order valence-corrected chi connectivity index (χ3v) is 2.97. The molecule has 1 aromatic carbocycles. The highest BCUT2D eigenvalue weighted by atomic mass is 16.3. The molecule has 0 bridgehead atoms. The highest BCUT2D eigenvalue weighted by Crippen LogP contribution is 2.11. The van der Waals surface area contributed by atoms with Crippen molar-refractivity contribution in [3.05, 3.63) is 35.9 Å². The summed E-state index contributed by atoms with van der Waals surface area (Å²) in [5.74, 6) is -0.338. The molecule has 1 fully saturated rings. The lowest BCUT2D eigenvalue weighted by atomic mass is 10.1. The molecule has 0 spiro atoms. The Bertz CT molecular complexity index is 433. The Hall–Kier alpha value is -1.88. The van der Waals surface area contributed by atoms with Gasteiger partial charge in [-0.1, -0.05) is 30.3 Å². The van der Waals surface area contributed by atoms with Crippen molar-refractivity contribution in [2.24, 2.45) is 0 Å². The van der Waals surface area contributed by atoms with Crippen molar-refractivity contribution < 1.29 is 14.7 Å². The zero-order valence-electron chi connectivity index (χ0n) is 9.93. The maximum absolute atomic E-state index is 11.7. The van der Waals surface area contributed by atoms with Gasteiger partial charge in [-0.2, -0.15) is 0 Å². The zero-order valence-corrected chi connectivity index (χ0v) is 9.93. The molecule has 5 heteroatoms. The molecule has 96 valence electrons. The van der Waals surface area contributed by atoms with E-state index in [0.29, 0.717) is 12.8 Å². The average molecular weight is 248 g/mol. The van der Waals surface area contributed by atoms with Crippen LogP contribution in [0.2, 0.25) is 0 Å². The zero-order chi connectivity index (χ0) is 13.0. The smallest absolute Gasteiger partial charge is 0.242 e. The van der Waals surface area contributed by atoms with Gasteiger partial charge in [0.15, 0.2) is 0 Å². The molecule has 1 heterocycles. The fourth-order valence-electron chi connectivity index (χ4n) is 1.92. The molecule has 2 amide bonds. The Morgan fingerprint density at radius 1 is 1.44 bits per heavy atom. The number of aliphatic hydroxyl groups excluding tert-OH is 1. The van der Waals surface area contributed by atoms with E-state index < -0.39 is 12.1 Å². The Morgan fingerprint density at radius 2 is 2.17 bits per heavy atom. The summed E-state index contributed by atoms with van der Waals surface area (Å²) in [5.41, 5.74) is 0.758. The Balaban J connectivity index is 1.81. The van der Waals surface area contributed by atoms with E-state index in [1.807, 2.05) is 18.2 Å². The van der Waals surface area contributed by atoms with Crippen molar-refractivity contribution in [3.63, 3.8) is 0 Å². The molecule has 0 radical (unpaired) electrons. The number of benzene rings is 1. The van der Waals surface area contributed by atoms with Crippen LogP contribution in [0.4, 0.5) is 0 Å². The van der Waals surface area contributed by atoms with Crippen molar-refractivity contribution in [2.75, 3.05) is 6.54 Å². The molecule has 0 aromatic heterocycles. The minimum atomic E-state index is -0.729. The largest absolute Gasteiger partial charge is 0.387 e. The van der Waals surface area contributed by atoms with Crippen LogP contribution in [-0.2, 0) is 9.59 Å². The summed E-state index contributed by atoms with van der Waals surface area (Å²) in [6.07, 6.45) is 0.179. The van der Waals surface area contributed by atoms with E-state index in [4.69, 9.17) is 0 Å². The number of carbonyl (C=O) groups is 2. The van der Waals surface area contributed by atoms with E-state index >= 15 is 0 Å². The van der Waals surface area contributed by atoms with Gasteiger partial charge in [-0.15, -0.1) is 0 Å². The van der Waals surface area contributed by atoms with E-state index in [1.165, 1.54) is 0 Å². The van der Waals surface area contributed by atoms with Gasteiger partial charge >= 0.3 is 0 Å². The van der Waals surface area contributed by atoms with Crippen molar-refractivity contribution in [1.82, 2.24) is 10.6 Å². The van der Waals surface area contributed by atoms with E-state index in [-0.39, 0.29) is 18.4 Å². The highest BCUT2D eigenvalue weighted by molar-refractivity contribution is 5.90. The number of amides is 2. The van der Waals surface area contributed by atoms with Crippen LogP contribution >= 0.6 is 0 Å². The van der Waals surface area contributed by atoms with Crippen LogP contribution in [0, 0.1) is 0 Å². The summed E-state index contributed by atoms with van der Waals surface area (Å²) in [4.78, 5) is 22.7. The van der Waals surface area contributed by atoms with Crippen LogP contribution in [0.25, 0.3) is 0 Å². The van der Waals surface area contributed by atoms with Crippen molar-refractivity contribution in [3.8, 4) is 0 Å². The molecule has 0 saturated carbocycles. The van der Waals surface area contributed by atoms with Crippen LogP contribution in [0.1, 0.15) is 24.5 Å². The van der Waals surface area contributed by atoms with Gasteiger partial charge in [0.25, 0.3) is 0 Å². The molecule has 1 aliphatic heterocycles. The quantitative estimate of drug-likeness (QED) is 0.708. The molecule has 1 aliphatic rings. The summed E-state index contributed by atoms with van der Waals surface area (Å²) in [7, 11) is 0. The van der Waals surface area contributed by atoms with Crippen molar-refractivity contribution >= 4 is 11.8 Å². The maximum Gasteiger partial charge on any atom is 0.242 e. The van der Waals surface area contributed by atoms with Gasteiger partial charge in [0.1, 0.15) is 6.04 Å². The standard InChI is InChI=1S/C13H16N2O3/c16-11(9-4-2-1-3-5-9)8-14-13(18)10-6-7-12(17)15-10/h1-5,10-11,16H,6-8H2,(H,14,18)(H,15,17). The molecule has 5 nitrogen and oxygen atoms in total. The van der Waals surface area contributed by atoms with Gasteiger partial charge in [0.05, 0.1) is 6.10 Å². The Kier molecular flexibility index (Phi) is 3.94. The third kappa shape index (κ3) is 3.07. The topological polar surface area (TPSA) is 78.4 Å². The molecule has 18 heavy (non-hydrogen) atoms. The first-order valence-electron chi connectivity index (χ1n) is 5.97.